The number of hydrogen-bond acceptors (Lipinski definition) is 6. The number of carbonyl (C=O) groups is 3. The Balaban J connectivity index is 1.20. The largest absolute Gasteiger partial charge is 0.369 e. The van der Waals surface area contributed by atoms with Crippen molar-refractivity contribution in [1.82, 2.24) is 14.5 Å². The fourth-order valence-corrected chi connectivity index (χ4v) is 7.55. The number of rotatable bonds is 4. The molecule has 0 saturated carbocycles. The third-order valence-corrected chi connectivity index (χ3v) is 10.0. The lowest BCUT2D eigenvalue weighted by Gasteiger charge is -2.36. The van der Waals surface area contributed by atoms with Crippen LogP contribution in [0.1, 0.15) is 52.7 Å². The molecule has 2 aromatic rings. The monoisotopic (exact) mass is 540 g/mol. The normalized spacial score (nSPS) is 22.3. The number of benzene rings is 2. The molecule has 0 radical (unpaired) electrons. The fraction of sp³-hybridized carbons (Fsp3) is 0.444. The highest BCUT2D eigenvalue weighted by atomic mass is 32.2. The van der Waals surface area contributed by atoms with Crippen molar-refractivity contribution in [2.45, 2.75) is 56.0 Å². The molecule has 4 aliphatic rings. The zero-order valence-electron chi connectivity index (χ0n) is 20.9. The van der Waals surface area contributed by atoms with Gasteiger partial charge < -0.3 is 9.80 Å². The summed E-state index contributed by atoms with van der Waals surface area (Å²) in [5, 5.41) is 2.27. The van der Waals surface area contributed by atoms with E-state index in [0.29, 0.717) is 29.2 Å². The van der Waals surface area contributed by atoms with Gasteiger partial charge in [0.25, 0.3) is 5.91 Å². The molecule has 0 bridgehead atoms. The molecule has 11 heteroatoms. The number of carbonyl (C=O) groups excluding carboxylic acids is 3. The Morgan fingerprint density at radius 1 is 0.895 bits per heavy atom. The van der Waals surface area contributed by atoms with E-state index < -0.39 is 33.7 Å². The molecule has 3 heterocycles. The van der Waals surface area contributed by atoms with E-state index in [4.69, 9.17) is 0 Å². The minimum atomic E-state index is -3.67. The number of hydrogen-bond donors (Lipinski definition) is 1. The molecule has 3 aliphatic heterocycles. The van der Waals surface area contributed by atoms with Crippen molar-refractivity contribution in [3.8, 4) is 0 Å². The zero-order chi connectivity index (χ0) is 26.6. The van der Waals surface area contributed by atoms with Crippen LogP contribution >= 0.6 is 0 Å². The minimum Gasteiger partial charge on any atom is -0.369 e. The predicted octanol–water partition coefficient (Wildman–Crippen LogP) is 1.98. The fourth-order valence-electron chi connectivity index (χ4n) is 6.08. The van der Waals surface area contributed by atoms with Gasteiger partial charge in [-0.1, -0.05) is 6.07 Å². The van der Waals surface area contributed by atoms with E-state index in [-0.39, 0.29) is 43.9 Å². The Morgan fingerprint density at radius 3 is 2.37 bits per heavy atom. The highest BCUT2D eigenvalue weighted by molar-refractivity contribution is 7.89. The van der Waals surface area contributed by atoms with Gasteiger partial charge in [0, 0.05) is 56.0 Å². The standard InChI is InChI=1S/C27H29FN4O5S/c28-19-14-21-22(16-32(27(21)35)23-7-8-25(33)29-26(23)34)24(15-19)30-9-11-31(12-10-30)38(36,37)20-6-5-17-3-1-2-4-18(17)13-20/h5-6,13-15,23H,1-4,7-12,16H2,(H,29,33,34). The molecule has 0 spiro atoms. The minimum absolute atomic E-state index is 0.129. The molecule has 1 unspecified atom stereocenters. The Labute approximate surface area is 220 Å². The lowest BCUT2D eigenvalue weighted by atomic mass is 9.92. The first kappa shape index (κ1) is 25.0. The van der Waals surface area contributed by atoms with Gasteiger partial charge >= 0.3 is 0 Å². The van der Waals surface area contributed by atoms with Gasteiger partial charge in [0.2, 0.25) is 21.8 Å². The molecule has 1 atom stereocenters. The summed E-state index contributed by atoms with van der Waals surface area (Å²) < 4.78 is 42.9. The third kappa shape index (κ3) is 4.27. The van der Waals surface area contributed by atoms with Gasteiger partial charge in [0.05, 0.1) is 4.90 Å². The number of amides is 3. The molecule has 2 fully saturated rings. The molecule has 2 aromatic carbocycles. The Kier molecular flexibility index (Phi) is 6.22. The molecule has 6 rings (SSSR count). The zero-order valence-corrected chi connectivity index (χ0v) is 21.7. The summed E-state index contributed by atoms with van der Waals surface area (Å²) in [5.41, 5.74) is 3.69. The molecular formula is C27H29FN4O5S. The van der Waals surface area contributed by atoms with Crippen LogP contribution in [0, 0.1) is 5.82 Å². The van der Waals surface area contributed by atoms with Crippen molar-refractivity contribution in [3.63, 3.8) is 0 Å². The van der Waals surface area contributed by atoms with Gasteiger partial charge in [0.15, 0.2) is 0 Å². The summed E-state index contributed by atoms with van der Waals surface area (Å²) in [4.78, 5) is 40.7. The van der Waals surface area contributed by atoms with E-state index in [0.717, 1.165) is 31.2 Å². The van der Waals surface area contributed by atoms with Crippen LogP contribution in [-0.2, 0) is 39.0 Å². The van der Waals surface area contributed by atoms with Crippen LogP contribution in [0.2, 0.25) is 0 Å². The lowest BCUT2D eigenvalue weighted by molar-refractivity contribution is -0.136. The maximum absolute atomic E-state index is 14.6. The molecule has 200 valence electrons. The van der Waals surface area contributed by atoms with Crippen LogP contribution in [-0.4, -0.2) is 67.6 Å². The molecule has 3 amide bonds. The van der Waals surface area contributed by atoms with Crippen molar-refractivity contribution in [1.29, 1.82) is 0 Å². The van der Waals surface area contributed by atoms with Gasteiger partial charge in [-0.25, -0.2) is 12.8 Å². The lowest BCUT2D eigenvalue weighted by Crippen LogP contribution is -2.52. The van der Waals surface area contributed by atoms with E-state index >= 15 is 0 Å². The molecule has 38 heavy (non-hydrogen) atoms. The molecule has 1 aliphatic carbocycles. The van der Waals surface area contributed by atoms with E-state index in [1.54, 1.807) is 6.07 Å². The van der Waals surface area contributed by atoms with Crippen LogP contribution in [0.15, 0.2) is 35.2 Å². The summed E-state index contributed by atoms with van der Waals surface area (Å²) in [7, 11) is -3.67. The van der Waals surface area contributed by atoms with E-state index in [2.05, 4.69) is 5.32 Å². The van der Waals surface area contributed by atoms with E-state index in [9.17, 15) is 27.2 Å². The maximum atomic E-state index is 14.6. The molecular weight excluding hydrogens is 511 g/mol. The number of piperazine rings is 1. The highest BCUT2D eigenvalue weighted by Gasteiger charge is 2.41. The van der Waals surface area contributed by atoms with Crippen molar-refractivity contribution in [2.75, 3.05) is 31.1 Å². The summed E-state index contributed by atoms with van der Waals surface area (Å²) in [5.74, 6) is -1.90. The van der Waals surface area contributed by atoms with Gasteiger partial charge in [-0.15, -0.1) is 0 Å². The van der Waals surface area contributed by atoms with Crippen molar-refractivity contribution in [3.05, 3.63) is 58.4 Å². The number of sulfonamides is 1. The smallest absolute Gasteiger partial charge is 0.255 e. The highest BCUT2D eigenvalue weighted by Crippen LogP contribution is 2.36. The van der Waals surface area contributed by atoms with Crippen LogP contribution < -0.4 is 10.2 Å². The second-order valence-electron chi connectivity index (χ2n) is 10.4. The topological polar surface area (TPSA) is 107 Å². The number of nitrogens with one attached hydrogen (secondary N) is 1. The van der Waals surface area contributed by atoms with Crippen molar-refractivity contribution < 1.29 is 27.2 Å². The first-order valence-electron chi connectivity index (χ1n) is 13.1. The first-order chi connectivity index (χ1) is 18.2. The number of piperidine rings is 1. The van der Waals surface area contributed by atoms with Crippen LogP contribution in [0.4, 0.5) is 10.1 Å². The maximum Gasteiger partial charge on any atom is 0.255 e. The Morgan fingerprint density at radius 2 is 1.63 bits per heavy atom. The average molecular weight is 541 g/mol. The summed E-state index contributed by atoms with van der Waals surface area (Å²) in [6.45, 7) is 1.27. The summed E-state index contributed by atoms with van der Waals surface area (Å²) >= 11 is 0. The van der Waals surface area contributed by atoms with Gasteiger partial charge in [-0.2, -0.15) is 4.31 Å². The van der Waals surface area contributed by atoms with E-state index in [1.165, 1.54) is 26.9 Å². The Bertz CT molecular complexity index is 1450. The quantitative estimate of drug-likeness (QED) is 0.595. The summed E-state index contributed by atoms with van der Waals surface area (Å²) in [6.07, 6.45) is 4.43. The third-order valence-electron chi connectivity index (χ3n) is 8.13. The number of imide groups is 1. The second kappa shape index (κ2) is 9.46. The molecule has 0 aromatic heterocycles. The number of nitrogens with zero attached hydrogens (tertiary/aromatic N) is 3. The second-order valence-corrected chi connectivity index (χ2v) is 12.3. The van der Waals surface area contributed by atoms with Gasteiger partial charge in [-0.3, -0.25) is 19.7 Å². The van der Waals surface area contributed by atoms with Gasteiger partial charge in [0.1, 0.15) is 11.9 Å². The van der Waals surface area contributed by atoms with E-state index in [1.807, 2.05) is 17.0 Å². The SMILES string of the molecule is O=C1CCC(N2Cc3c(cc(F)cc3N3CCN(S(=O)(=O)c4ccc5c(c4)CCCC5)CC3)C2=O)C(=O)N1. The van der Waals surface area contributed by atoms with Gasteiger partial charge in [-0.05, 0) is 67.5 Å². The molecule has 2 saturated heterocycles. The number of halogens is 1. The van der Waals surface area contributed by atoms with Crippen LogP contribution in [0.3, 0.4) is 0 Å². The van der Waals surface area contributed by atoms with Crippen molar-refractivity contribution >= 4 is 33.4 Å². The molecule has 9 nitrogen and oxygen atoms in total. The summed E-state index contributed by atoms with van der Waals surface area (Å²) in [6, 6.07) is 7.20. The van der Waals surface area contributed by atoms with Crippen molar-refractivity contribution in [2.24, 2.45) is 0 Å². The molecule has 1 N–H and O–H groups in total. The number of aryl methyl sites for hydroxylation is 2. The van der Waals surface area contributed by atoms with Crippen LogP contribution in [0.25, 0.3) is 0 Å². The predicted molar refractivity (Wildman–Crippen MR) is 137 cm³/mol. The first-order valence-corrected chi connectivity index (χ1v) is 14.5. The van der Waals surface area contributed by atoms with Crippen LogP contribution in [0.5, 0.6) is 0 Å². The number of anilines is 1. The number of fused-ring (bicyclic) bond motifs is 2. The Hall–Kier alpha value is -3.31. The average Bonchev–Trinajstić information content (AvgIpc) is 3.23.